The summed E-state index contributed by atoms with van der Waals surface area (Å²) in [6.45, 7) is 1.64. The second-order valence-corrected chi connectivity index (χ2v) is 8.69. The van der Waals surface area contributed by atoms with Crippen molar-refractivity contribution in [1.29, 1.82) is 0 Å². The van der Waals surface area contributed by atoms with Crippen molar-refractivity contribution in [3.05, 3.63) is 63.4 Å². The molecule has 3 rings (SSSR count). The van der Waals surface area contributed by atoms with Crippen LogP contribution in [0.1, 0.15) is 18.1 Å². The minimum absolute atomic E-state index is 0. The van der Waals surface area contributed by atoms with Crippen molar-refractivity contribution >= 4 is 33.1 Å². The van der Waals surface area contributed by atoms with Crippen LogP contribution in [0.3, 0.4) is 0 Å². The molecule has 33 heavy (non-hydrogen) atoms. The third-order valence-corrected chi connectivity index (χ3v) is 5.63. The fourth-order valence-electron chi connectivity index (χ4n) is 2.89. The van der Waals surface area contributed by atoms with E-state index >= 15 is 0 Å². The molecule has 2 heterocycles. The zero-order valence-corrected chi connectivity index (χ0v) is 22.7. The Bertz CT molecular complexity index is 1370. The number of aromatic nitrogens is 1. The number of amides is 1. The first-order valence-corrected chi connectivity index (χ1v) is 10.8. The third-order valence-electron chi connectivity index (χ3n) is 4.62. The van der Waals surface area contributed by atoms with Crippen molar-refractivity contribution in [2.75, 3.05) is 25.9 Å². The molecular formula is C20H22FKN4O6S. The number of anilines is 1. The quantitative estimate of drug-likeness (QED) is 0.335. The number of hydrogen-bond acceptors (Lipinski definition) is 7. The fourth-order valence-corrected chi connectivity index (χ4v) is 3.38. The Hall–Kier alpha value is -1.87. The zero-order chi connectivity index (χ0) is 23.6. The van der Waals surface area contributed by atoms with Gasteiger partial charge in [-0.1, -0.05) is 0 Å². The Labute approximate surface area is 233 Å². The normalized spacial score (nSPS) is 11.1. The van der Waals surface area contributed by atoms with Crippen LogP contribution in [-0.2, 0) is 16.6 Å². The van der Waals surface area contributed by atoms with Gasteiger partial charge in [-0.3, -0.25) is 4.72 Å². The van der Waals surface area contributed by atoms with E-state index in [2.05, 4.69) is 14.4 Å². The number of benzene rings is 1. The van der Waals surface area contributed by atoms with Crippen molar-refractivity contribution in [3.8, 4) is 5.75 Å². The maximum Gasteiger partial charge on any atom is 1.00 e. The maximum absolute atomic E-state index is 14.5. The predicted octanol–water partition coefficient (Wildman–Crippen LogP) is -0.721. The summed E-state index contributed by atoms with van der Waals surface area (Å²) in [5.74, 6) is -1.08. The molecular weight excluding hydrogens is 482 g/mol. The number of carbonyl (C=O) groups is 1. The first kappa shape index (κ1) is 27.4. The molecule has 0 unspecified atom stereocenters. The van der Waals surface area contributed by atoms with E-state index in [9.17, 15) is 22.4 Å². The van der Waals surface area contributed by atoms with Crippen molar-refractivity contribution < 1.29 is 79.6 Å². The molecule has 0 spiro atoms. The monoisotopic (exact) mass is 504 g/mol. The number of hydrogen-bond donors (Lipinski definition) is 2. The number of nitrogens with zero attached hydrogens (tertiary/aromatic N) is 2. The minimum Gasteiger partial charge on any atom is -1.00 e. The van der Waals surface area contributed by atoms with Gasteiger partial charge in [-0.25, -0.2) is 23.7 Å². The summed E-state index contributed by atoms with van der Waals surface area (Å²) in [4.78, 5) is 29.4. The molecule has 3 aromatic rings. The molecule has 1 amide bonds. The molecule has 2 N–H and O–H groups in total. The molecule has 1 aromatic carbocycles. The van der Waals surface area contributed by atoms with Gasteiger partial charge in [-0.2, -0.15) is 8.42 Å². The molecule has 0 aliphatic rings. The first-order valence-electron chi connectivity index (χ1n) is 9.32. The van der Waals surface area contributed by atoms with E-state index in [0.29, 0.717) is 16.5 Å². The summed E-state index contributed by atoms with van der Waals surface area (Å²) in [6.07, 6.45) is 0.715. The molecule has 0 aliphatic heterocycles. The standard InChI is InChI=1S/C20H21FN4O6S.K.H/c1-11-13-9-15(21)17(31-20(27)25(3)4)10-16(13)30-19(26)14(11)7-12-5-6-23-18(8-12)24-32(28,29)22-2;;/h5-6,8-10,22H,7H2,1-4H3,(H,23,24);;/q;+1;-1. The van der Waals surface area contributed by atoms with E-state index in [4.69, 9.17) is 9.15 Å². The Balaban J connectivity index is 0.00000289. The van der Waals surface area contributed by atoms with E-state index in [1.165, 1.54) is 33.4 Å². The van der Waals surface area contributed by atoms with Crippen LogP contribution in [0.5, 0.6) is 5.75 Å². The van der Waals surface area contributed by atoms with Gasteiger partial charge in [-0.05, 0) is 36.2 Å². The summed E-state index contributed by atoms with van der Waals surface area (Å²) >= 11 is 0. The number of ether oxygens (including phenoxy) is 1. The summed E-state index contributed by atoms with van der Waals surface area (Å²) in [5.41, 5.74) is 0.746. The molecule has 0 saturated carbocycles. The number of fused-ring (bicyclic) bond motifs is 1. The molecule has 0 atom stereocenters. The molecule has 172 valence electrons. The minimum atomic E-state index is -3.75. The van der Waals surface area contributed by atoms with Crippen molar-refractivity contribution in [1.82, 2.24) is 14.6 Å². The van der Waals surface area contributed by atoms with E-state index in [0.717, 1.165) is 17.0 Å². The van der Waals surface area contributed by atoms with E-state index in [1.54, 1.807) is 13.0 Å². The largest absolute Gasteiger partial charge is 1.00 e. The second kappa shape index (κ2) is 11.0. The van der Waals surface area contributed by atoms with Crippen LogP contribution in [0.4, 0.5) is 15.0 Å². The van der Waals surface area contributed by atoms with Crippen molar-refractivity contribution in [2.24, 2.45) is 0 Å². The first-order chi connectivity index (χ1) is 15.0. The van der Waals surface area contributed by atoms with Crippen LogP contribution in [0.15, 0.2) is 39.7 Å². The molecule has 0 fully saturated rings. The SMILES string of the molecule is CNS(=O)(=O)Nc1cc(Cc2c(C)c3cc(F)c(OC(=O)N(C)C)cc3oc2=O)ccn1.[H-].[K+]. The smallest absolute Gasteiger partial charge is 1.00 e. The van der Waals surface area contributed by atoms with Gasteiger partial charge >= 0.3 is 63.1 Å². The van der Waals surface area contributed by atoms with Crippen molar-refractivity contribution in [2.45, 2.75) is 13.3 Å². The van der Waals surface area contributed by atoms with Crippen LogP contribution in [0.2, 0.25) is 0 Å². The van der Waals surface area contributed by atoms with E-state index < -0.39 is 27.7 Å². The van der Waals surface area contributed by atoms with Crippen molar-refractivity contribution in [3.63, 3.8) is 0 Å². The maximum atomic E-state index is 14.5. The molecule has 13 heteroatoms. The van der Waals surface area contributed by atoms with Gasteiger partial charge in [-0.15, -0.1) is 0 Å². The van der Waals surface area contributed by atoms with Crippen LogP contribution in [0, 0.1) is 12.7 Å². The van der Waals surface area contributed by atoms with Gasteiger partial charge in [0, 0.05) is 50.8 Å². The number of aryl methyl sites for hydroxylation is 1. The molecule has 10 nitrogen and oxygen atoms in total. The molecule has 0 aliphatic carbocycles. The number of nitrogens with one attached hydrogen (secondary N) is 2. The van der Waals surface area contributed by atoms with Gasteiger partial charge in [0.2, 0.25) is 0 Å². The molecule has 0 bridgehead atoms. The number of pyridine rings is 1. The Kier molecular flexibility index (Phi) is 9.15. The summed E-state index contributed by atoms with van der Waals surface area (Å²) in [7, 11) is 0.399. The number of carbonyl (C=O) groups excluding carboxylic acids is 1. The van der Waals surface area contributed by atoms with Gasteiger partial charge in [0.05, 0.1) is 0 Å². The van der Waals surface area contributed by atoms with E-state index in [1.807, 2.05) is 0 Å². The molecule has 0 saturated heterocycles. The van der Waals surface area contributed by atoms with Crippen LogP contribution in [0.25, 0.3) is 11.0 Å². The summed E-state index contributed by atoms with van der Waals surface area (Å²) in [6, 6.07) is 5.38. The Morgan fingerprint density at radius 3 is 2.64 bits per heavy atom. The van der Waals surface area contributed by atoms with Gasteiger partial charge in [0.15, 0.2) is 11.6 Å². The van der Waals surface area contributed by atoms with E-state index in [-0.39, 0.29) is 81.9 Å². The number of rotatable bonds is 6. The second-order valence-electron chi connectivity index (χ2n) is 7.07. The predicted molar refractivity (Wildman–Crippen MR) is 117 cm³/mol. The zero-order valence-electron chi connectivity index (χ0n) is 19.7. The van der Waals surface area contributed by atoms with Crippen LogP contribution >= 0.6 is 0 Å². The average molecular weight is 505 g/mol. The summed E-state index contributed by atoms with van der Waals surface area (Å²) in [5, 5.41) is 0.340. The summed E-state index contributed by atoms with van der Waals surface area (Å²) < 4.78 is 52.5. The third kappa shape index (κ3) is 6.59. The average Bonchev–Trinajstić information content (AvgIpc) is 2.72. The topological polar surface area (TPSA) is 131 Å². The Morgan fingerprint density at radius 2 is 2.00 bits per heavy atom. The van der Waals surface area contributed by atoms with Gasteiger partial charge in [0.25, 0.3) is 10.2 Å². The number of halogens is 1. The van der Waals surface area contributed by atoms with Gasteiger partial charge in [0.1, 0.15) is 11.4 Å². The fraction of sp³-hybridized carbons (Fsp3) is 0.250. The molecule has 0 radical (unpaired) electrons. The molecule has 2 aromatic heterocycles. The van der Waals surface area contributed by atoms with Crippen LogP contribution in [-0.4, -0.2) is 45.5 Å². The van der Waals surface area contributed by atoms with Gasteiger partial charge < -0.3 is 15.5 Å². The van der Waals surface area contributed by atoms with Crippen LogP contribution < -0.4 is 71.2 Å². The Morgan fingerprint density at radius 1 is 1.30 bits per heavy atom.